The molecule has 0 bridgehead atoms. The van der Waals surface area contributed by atoms with Gasteiger partial charge in [-0.2, -0.15) is 0 Å². The summed E-state index contributed by atoms with van der Waals surface area (Å²) in [6, 6.07) is -0.439. The smallest absolute Gasteiger partial charge is 0.128 e. The van der Waals surface area contributed by atoms with Crippen molar-refractivity contribution in [2.24, 2.45) is 11.5 Å². The lowest BCUT2D eigenvalue weighted by Gasteiger charge is -2.23. The highest BCUT2D eigenvalue weighted by Crippen LogP contribution is 1.99. The zero-order valence-electron chi connectivity index (χ0n) is 7.56. The second kappa shape index (κ2) is 7.19. The highest BCUT2D eigenvalue weighted by Gasteiger charge is 2.17. The summed E-state index contributed by atoms with van der Waals surface area (Å²) in [6.07, 6.45) is -0.858. The molecule has 0 aliphatic carbocycles. The first-order valence-corrected chi connectivity index (χ1v) is 4.30. The van der Waals surface area contributed by atoms with Gasteiger partial charge in [-0.3, -0.25) is 5.32 Å². The number of aliphatic hydroxyl groups is 3. The van der Waals surface area contributed by atoms with E-state index in [2.05, 4.69) is 5.32 Å². The van der Waals surface area contributed by atoms with E-state index < -0.39 is 25.1 Å². The van der Waals surface area contributed by atoms with Gasteiger partial charge in [0, 0.05) is 6.04 Å². The van der Waals surface area contributed by atoms with Crippen molar-refractivity contribution in [1.29, 1.82) is 0 Å². The van der Waals surface area contributed by atoms with Crippen molar-refractivity contribution < 1.29 is 15.3 Å². The molecule has 0 saturated heterocycles. The van der Waals surface area contributed by atoms with Crippen LogP contribution in [0, 0.1) is 0 Å². The van der Waals surface area contributed by atoms with Crippen LogP contribution in [0.2, 0.25) is 0 Å². The van der Waals surface area contributed by atoms with Crippen LogP contribution < -0.4 is 16.8 Å². The van der Waals surface area contributed by atoms with E-state index in [-0.39, 0.29) is 0 Å². The third-order valence-electron chi connectivity index (χ3n) is 1.71. The highest BCUT2D eigenvalue weighted by molar-refractivity contribution is 4.72. The number of nitrogens with one attached hydrogen (secondary N) is 1. The van der Waals surface area contributed by atoms with E-state index in [0.29, 0.717) is 19.4 Å². The summed E-state index contributed by atoms with van der Waals surface area (Å²) in [7, 11) is 0. The van der Waals surface area contributed by atoms with Crippen molar-refractivity contribution in [1.82, 2.24) is 5.32 Å². The predicted molar refractivity (Wildman–Crippen MR) is 48.5 cm³/mol. The number of aliphatic hydroxyl groups excluding tert-OH is 3. The summed E-state index contributed by atoms with van der Waals surface area (Å²) in [6.45, 7) is 0.0893. The molecular formula is C7H19N3O3. The van der Waals surface area contributed by atoms with Gasteiger partial charge in [0.25, 0.3) is 0 Å². The minimum Gasteiger partial charge on any atom is -0.392 e. The molecule has 0 fully saturated rings. The van der Waals surface area contributed by atoms with Gasteiger partial charge < -0.3 is 26.8 Å². The summed E-state index contributed by atoms with van der Waals surface area (Å²) < 4.78 is 0. The van der Waals surface area contributed by atoms with Crippen LogP contribution in [0.3, 0.4) is 0 Å². The molecule has 0 radical (unpaired) electrons. The van der Waals surface area contributed by atoms with Crippen LogP contribution >= 0.6 is 0 Å². The van der Waals surface area contributed by atoms with Gasteiger partial charge >= 0.3 is 0 Å². The number of hydrogen-bond donors (Lipinski definition) is 6. The fourth-order valence-electron chi connectivity index (χ4n) is 0.990. The molecule has 0 aromatic carbocycles. The summed E-state index contributed by atoms with van der Waals surface area (Å²) in [5.41, 5.74) is 10.5. The maximum absolute atomic E-state index is 9.06. The van der Waals surface area contributed by atoms with Crippen LogP contribution in [0.5, 0.6) is 0 Å². The van der Waals surface area contributed by atoms with Crippen LogP contribution in [0.25, 0.3) is 0 Å². The Kier molecular flexibility index (Phi) is 7.06. The van der Waals surface area contributed by atoms with Gasteiger partial charge in [-0.05, 0) is 19.4 Å². The number of rotatable bonds is 7. The Labute approximate surface area is 77.5 Å². The van der Waals surface area contributed by atoms with Crippen molar-refractivity contribution >= 4 is 0 Å². The Morgan fingerprint density at radius 1 is 1.31 bits per heavy atom. The van der Waals surface area contributed by atoms with Gasteiger partial charge in [0.15, 0.2) is 0 Å². The average Bonchev–Trinajstić information content (AvgIpc) is 2.11. The van der Waals surface area contributed by atoms with Gasteiger partial charge in [0.05, 0.1) is 6.61 Å². The largest absolute Gasteiger partial charge is 0.392 e. The van der Waals surface area contributed by atoms with E-state index in [1.807, 2.05) is 0 Å². The number of nitrogens with two attached hydrogens (primary N) is 2. The summed E-state index contributed by atoms with van der Waals surface area (Å²) >= 11 is 0. The molecular weight excluding hydrogens is 174 g/mol. The van der Waals surface area contributed by atoms with Gasteiger partial charge in [0.1, 0.15) is 12.5 Å². The van der Waals surface area contributed by atoms with E-state index in [4.69, 9.17) is 26.8 Å². The summed E-state index contributed by atoms with van der Waals surface area (Å²) in [5, 5.41) is 29.2. The van der Waals surface area contributed by atoms with E-state index in [1.54, 1.807) is 0 Å². The fraction of sp³-hybridized carbons (Fsp3) is 1.00. The first kappa shape index (κ1) is 12.8. The Morgan fingerprint density at radius 3 is 2.31 bits per heavy atom. The Balaban J connectivity index is 3.79. The van der Waals surface area contributed by atoms with E-state index in [1.165, 1.54) is 0 Å². The first-order chi connectivity index (χ1) is 6.11. The highest BCUT2D eigenvalue weighted by atomic mass is 16.3. The topological polar surface area (TPSA) is 125 Å². The fourth-order valence-corrected chi connectivity index (χ4v) is 0.990. The third-order valence-corrected chi connectivity index (χ3v) is 1.71. The van der Waals surface area contributed by atoms with Crippen molar-refractivity contribution in [3.05, 3.63) is 0 Å². The summed E-state index contributed by atoms with van der Waals surface area (Å²) in [5.74, 6) is 0. The van der Waals surface area contributed by atoms with Gasteiger partial charge in [-0.15, -0.1) is 0 Å². The van der Waals surface area contributed by atoms with E-state index in [9.17, 15) is 0 Å². The van der Waals surface area contributed by atoms with Crippen molar-refractivity contribution in [3.8, 4) is 0 Å². The van der Waals surface area contributed by atoms with Crippen molar-refractivity contribution in [2.75, 3.05) is 13.2 Å². The SMILES string of the molecule is NCCCC(NC(O)CO)C(N)O. The Bertz CT molecular complexity index is 124. The Morgan fingerprint density at radius 2 is 1.92 bits per heavy atom. The lowest BCUT2D eigenvalue weighted by Crippen LogP contribution is -2.50. The second-order valence-electron chi connectivity index (χ2n) is 2.89. The molecule has 3 unspecified atom stereocenters. The molecule has 3 atom stereocenters. The number of hydrogen-bond acceptors (Lipinski definition) is 6. The molecule has 8 N–H and O–H groups in total. The third kappa shape index (κ3) is 5.92. The molecule has 0 rings (SSSR count). The quantitative estimate of drug-likeness (QED) is 0.244. The molecule has 6 nitrogen and oxygen atoms in total. The lowest BCUT2D eigenvalue weighted by atomic mass is 10.1. The molecule has 0 amide bonds. The molecule has 0 saturated carbocycles. The van der Waals surface area contributed by atoms with Crippen molar-refractivity contribution in [2.45, 2.75) is 31.3 Å². The molecule has 0 aromatic heterocycles. The van der Waals surface area contributed by atoms with Gasteiger partial charge in [-0.25, -0.2) is 0 Å². The van der Waals surface area contributed by atoms with Crippen LogP contribution in [-0.2, 0) is 0 Å². The summed E-state index contributed by atoms with van der Waals surface area (Å²) in [4.78, 5) is 0. The minimum absolute atomic E-state index is 0.411. The zero-order chi connectivity index (χ0) is 10.3. The van der Waals surface area contributed by atoms with Crippen LogP contribution in [-0.4, -0.2) is 47.0 Å². The lowest BCUT2D eigenvalue weighted by molar-refractivity contribution is 0.0290. The van der Waals surface area contributed by atoms with E-state index >= 15 is 0 Å². The molecule has 0 spiro atoms. The van der Waals surface area contributed by atoms with Crippen molar-refractivity contribution in [3.63, 3.8) is 0 Å². The molecule has 80 valence electrons. The monoisotopic (exact) mass is 193 g/mol. The minimum atomic E-state index is -1.06. The van der Waals surface area contributed by atoms with Crippen LogP contribution in [0.4, 0.5) is 0 Å². The zero-order valence-corrected chi connectivity index (χ0v) is 7.56. The average molecular weight is 193 g/mol. The Hall–Kier alpha value is -0.240. The second-order valence-corrected chi connectivity index (χ2v) is 2.89. The molecule has 0 aliphatic heterocycles. The molecule has 0 heterocycles. The van der Waals surface area contributed by atoms with E-state index in [0.717, 1.165) is 0 Å². The van der Waals surface area contributed by atoms with Gasteiger partial charge in [-0.1, -0.05) is 0 Å². The maximum Gasteiger partial charge on any atom is 0.128 e. The standard InChI is InChI=1S/C7H19N3O3/c8-3-1-2-5(7(9)13)10-6(12)4-11/h5-7,10-13H,1-4,8-9H2. The van der Waals surface area contributed by atoms with Gasteiger partial charge in [0.2, 0.25) is 0 Å². The predicted octanol–water partition coefficient (Wildman–Crippen LogP) is -2.73. The van der Waals surface area contributed by atoms with Crippen LogP contribution in [0.1, 0.15) is 12.8 Å². The molecule has 13 heavy (non-hydrogen) atoms. The van der Waals surface area contributed by atoms with Crippen LogP contribution in [0.15, 0.2) is 0 Å². The molecule has 0 aliphatic rings. The normalized spacial score (nSPS) is 18.2. The maximum atomic E-state index is 9.06. The first-order valence-electron chi connectivity index (χ1n) is 4.30. The molecule has 6 heteroatoms. The molecule has 0 aromatic rings.